The molecule has 1 aliphatic heterocycles. The topological polar surface area (TPSA) is 75.2 Å². The van der Waals surface area contributed by atoms with Crippen molar-refractivity contribution in [1.82, 2.24) is 14.7 Å². The van der Waals surface area contributed by atoms with Crippen LogP contribution in [-0.4, -0.2) is 44.3 Å². The van der Waals surface area contributed by atoms with E-state index in [1.54, 1.807) is 0 Å². The molecule has 2 aliphatic rings. The van der Waals surface area contributed by atoms with Gasteiger partial charge in [-0.2, -0.15) is 0 Å². The Hall–Kier alpha value is -1.21. The molecular formula is C16H26N4O2S. The second kappa shape index (κ2) is 6.73. The summed E-state index contributed by atoms with van der Waals surface area (Å²) in [4.78, 5) is 11.7. The molecule has 0 aromatic carbocycles. The molecule has 0 unspecified atom stereocenters. The lowest BCUT2D eigenvalue weighted by atomic mass is 9.85. The number of aryl methyl sites for hydroxylation is 1. The minimum Gasteiger partial charge on any atom is -0.356 e. The van der Waals surface area contributed by atoms with E-state index in [0.717, 1.165) is 43.3 Å². The largest absolute Gasteiger partial charge is 0.356 e. The molecule has 1 saturated carbocycles. The highest BCUT2D eigenvalue weighted by Crippen LogP contribution is 2.35. The summed E-state index contributed by atoms with van der Waals surface area (Å²) in [5, 5.41) is 0. The summed E-state index contributed by atoms with van der Waals surface area (Å²) in [5.41, 5.74) is 1.04. The van der Waals surface area contributed by atoms with E-state index in [-0.39, 0.29) is 0 Å². The first kappa shape index (κ1) is 16.6. The molecule has 7 heteroatoms. The van der Waals surface area contributed by atoms with Crippen LogP contribution in [-0.2, 0) is 10.0 Å². The van der Waals surface area contributed by atoms with Crippen LogP contribution in [0.15, 0.2) is 6.07 Å². The zero-order valence-corrected chi connectivity index (χ0v) is 14.8. The summed E-state index contributed by atoms with van der Waals surface area (Å²) >= 11 is 0. The van der Waals surface area contributed by atoms with E-state index in [9.17, 15) is 8.42 Å². The lowest BCUT2D eigenvalue weighted by Crippen LogP contribution is -2.39. The fraction of sp³-hybridized carbons (Fsp3) is 0.750. The van der Waals surface area contributed by atoms with Crippen LogP contribution in [0.4, 0.5) is 5.82 Å². The number of sulfonamides is 1. The van der Waals surface area contributed by atoms with Gasteiger partial charge in [0.2, 0.25) is 10.0 Å². The van der Waals surface area contributed by atoms with Crippen LogP contribution in [0.25, 0.3) is 0 Å². The van der Waals surface area contributed by atoms with Crippen molar-refractivity contribution in [3.8, 4) is 0 Å². The molecule has 1 aliphatic carbocycles. The number of hydrogen-bond donors (Lipinski definition) is 1. The van der Waals surface area contributed by atoms with Gasteiger partial charge in [-0.25, -0.2) is 23.1 Å². The SMILES string of the molecule is Cc1cc(N2CCC(CNS(C)(=O)=O)CC2)nc(C2CCC2)n1. The molecule has 0 spiro atoms. The quantitative estimate of drug-likeness (QED) is 0.886. The Balaban J connectivity index is 1.60. The monoisotopic (exact) mass is 338 g/mol. The van der Waals surface area contributed by atoms with Crippen LogP contribution in [0, 0.1) is 12.8 Å². The minimum absolute atomic E-state index is 0.412. The minimum atomic E-state index is -3.09. The highest BCUT2D eigenvalue weighted by molar-refractivity contribution is 7.88. The van der Waals surface area contributed by atoms with Crippen molar-refractivity contribution in [1.29, 1.82) is 0 Å². The number of aromatic nitrogens is 2. The summed E-state index contributed by atoms with van der Waals surface area (Å²) in [6.45, 7) is 4.44. The van der Waals surface area contributed by atoms with Crippen LogP contribution < -0.4 is 9.62 Å². The molecule has 0 amide bonds. The maximum absolute atomic E-state index is 11.2. The van der Waals surface area contributed by atoms with Gasteiger partial charge in [-0.1, -0.05) is 6.42 Å². The first-order chi connectivity index (χ1) is 10.9. The standard InChI is InChI=1S/C16H26N4O2S/c1-12-10-15(19-16(18-12)14-4-3-5-14)20-8-6-13(7-9-20)11-17-23(2,21)22/h10,13-14,17H,3-9,11H2,1-2H3. The fourth-order valence-electron chi connectivity index (χ4n) is 3.22. The Morgan fingerprint density at radius 1 is 1.22 bits per heavy atom. The number of hydrogen-bond acceptors (Lipinski definition) is 5. The van der Waals surface area contributed by atoms with Gasteiger partial charge in [0.15, 0.2) is 0 Å². The highest BCUT2D eigenvalue weighted by Gasteiger charge is 2.25. The smallest absolute Gasteiger partial charge is 0.208 e. The maximum Gasteiger partial charge on any atom is 0.208 e. The third-order valence-electron chi connectivity index (χ3n) is 4.90. The van der Waals surface area contributed by atoms with Crippen LogP contribution in [0.2, 0.25) is 0 Å². The molecule has 1 saturated heterocycles. The molecule has 0 radical (unpaired) electrons. The van der Waals surface area contributed by atoms with Gasteiger partial charge >= 0.3 is 0 Å². The van der Waals surface area contributed by atoms with E-state index < -0.39 is 10.0 Å². The Morgan fingerprint density at radius 3 is 2.48 bits per heavy atom. The van der Waals surface area contributed by atoms with Crippen LogP contribution in [0.1, 0.15) is 49.5 Å². The summed E-state index contributed by atoms with van der Waals surface area (Å²) in [7, 11) is -3.09. The Bertz CT molecular complexity index is 650. The number of nitrogens with one attached hydrogen (secondary N) is 1. The first-order valence-corrected chi connectivity index (χ1v) is 10.3. The molecule has 23 heavy (non-hydrogen) atoms. The van der Waals surface area contributed by atoms with Gasteiger partial charge in [-0.3, -0.25) is 0 Å². The van der Waals surface area contributed by atoms with Crippen molar-refractivity contribution in [3.05, 3.63) is 17.6 Å². The van der Waals surface area contributed by atoms with Crippen LogP contribution in [0.5, 0.6) is 0 Å². The van der Waals surface area contributed by atoms with E-state index >= 15 is 0 Å². The van der Waals surface area contributed by atoms with Crippen molar-refractivity contribution in [2.75, 3.05) is 30.8 Å². The van der Waals surface area contributed by atoms with Crippen molar-refractivity contribution in [2.24, 2.45) is 5.92 Å². The molecule has 2 heterocycles. The van der Waals surface area contributed by atoms with Crippen molar-refractivity contribution < 1.29 is 8.42 Å². The second-order valence-corrected chi connectivity index (χ2v) is 8.74. The zero-order valence-electron chi connectivity index (χ0n) is 14.0. The van der Waals surface area contributed by atoms with E-state index in [1.165, 1.54) is 25.5 Å². The molecule has 1 aromatic rings. The first-order valence-electron chi connectivity index (χ1n) is 8.46. The number of piperidine rings is 1. The molecular weight excluding hydrogens is 312 g/mol. The van der Waals surface area contributed by atoms with E-state index in [2.05, 4.69) is 20.7 Å². The Labute approximate surface area is 138 Å². The van der Waals surface area contributed by atoms with Gasteiger partial charge in [0.25, 0.3) is 0 Å². The molecule has 1 aromatic heterocycles. The average molecular weight is 338 g/mol. The van der Waals surface area contributed by atoms with Gasteiger partial charge in [-0.15, -0.1) is 0 Å². The van der Waals surface area contributed by atoms with Gasteiger partial charge in [0.1, 0.15) is 11.6 Å². The van der Waals surface area contributed by atoms with Crippen molar-refractivity contribution in [2.45, 2.75) is 44.9 Å². The molecule has 0 atom stereocenters. The van der Waals surface area contributed by atoms with Crippen molar-refractivity contribution in [3.63, 3.8) is 0 Å². The highest BCUT2D eigenvalue weighted by atomic mass is 32.2. The third-order valence-corrected chi connectivity index (χ3v) is 5.59. The second-order valence-electron chi connectivity index (χ2n) is 6.90. The molecule has 3 rings (SSSR count). The van der Waals surface area contributed by atoms with Gasteiger partial charge in [0.05, 0.1) is 6.26 Å². The van der Waals surface area contributed by atoms with Crippen LogP contribution >= 0.6 is 0 Å². The van der Waals surface area contributed by atoms with Gasteiger partial charge < -0.3 is 4.90 Å². The summed E-state index contributed by atoms with van der Waals surface area (Å²) < 4.78 is 25.0. The maximum atomic E-state index is 11.2. The number of anilines is 1. The fourth-order valence-corrected chi connectivity index (χ4v) is 3.76. The van der Waals surface area contributed by atoms with E-state index in [1.807, 2.05) is 6.92 Å². The lowest BCUT2D eigenvalue weighted by molar-refractivity contribution is 0.392. The van der Waals surface area contributed by atoms with Crippen molar-refractivity contribution >= 4 is 15.8 Å². The lowest BCUT2D eigenvalue weighted by Gasteiger charge is -2.33. The predicted molar refractivity (Wildman–Crippen MR) is 91.1 cm³/mol. The summed E-state index contributed by atoms with van der Waals surface area (Å²) in [6.07, 6.45) is 6.91. The Morgan fingerprint density at radius 2 is 1.91 bits per heavy atom. The predicted octanol–water partition coefficient (Wildman–Crippen LogP) is 1.82. The summed E-state index contributed by atoms with van der Waals surface area (Å²) in [6, 6.07) is 2.07. The Kier molecular flexibility index (Phi) is 4.87. The summed E-state index contributed by atoms with van der Waals surface area (Å²) in [5.74, 6) is 3.00. The zero-order chi connectivity index (χ0) is 16.4. The normalized spacial score (nSPS) is 20.5. The molecule has 2 fully saturated rings. The number of nitrogens with zero attached hydrogens (tertiary/aromatic N) is 3. The van der Waals surface area contributed by atoms with Crippen LogP contribution in [0.3, 0.4) is 0 Å². The molecule has 0 bridgehead atoms. The number of rotatable bonds is 5. The van der Waals surface area contributed by atoms with Gasteiger partial charge in [0, 0.05) is 37.3 Å². The third kappa shape index (κ3) is 4.41. The molecule has 6 nitrogen and oxygen atoms in total. The van der Waals surface area contributed by atoms with E-state index in [4.69, 9.17) is 4.98 Å². The average Bonchev–Trinajstić information content (AvgIpc) is 2.42. The van der Waals surface area contributed by atoms with Gasteiger partial charge in [-0.05, 0) is 38.5 Å². The molecule has 1 N–H and O–H groups in total. The molecule has 128 valence electrons. The van der Waals surface area contributed by atoms with E-state index in [0.29, 0.717) is 18.4 Å².